The Balaban J connectivity index is 1.64. The first-order valence-corrected chi connectivity index (χ1v) is 7.27. The Morgan fingerprint density at radius 3 is 2.95 bits per heavy atom. The van der Waals surface area contributed by atoms with Gasteiger partial charge in [-0.15, -0.1) is 0 Å². The van der Waals surface area contributed by atoms with Crippen molar-refractivity contribution >= 4 is 5.91 Å². The molecule has 0 saturated heterocycles. The lowest BCUT2D eigenvalue weighted by atomic mass is 9.93. The lowest BCUT2D eigenvalue weighted by Crippen LogP contribution is -2.51. The molecule has 0 spiro atoms. The molecule has 1 aromatic heterocycles. The van der Waals surface area contributed by atoms with E-state index in [4.69, 9.17) is 0 Å². The summed E-state index contributed by atoms with van der Waals surface area (Å²) in [6.45, 7) is 0.713. The maximum absolute atomic E-state index is 12.6. The van der Waals surface area contributed by atoms with Gasteiger partial charge in [0.25, 0.3) is 0 Å². The van der Waals surface area contributed by atoms with Gasteiger partial charge in [-0.3, -0.25) is 10.1 Å². The molecule has 104 valence electrons. The Hall–Kier alpha value is -1.36. The monoisotopic (exact) mass is 262 g/mol. The van der Waals surface area contributed by atoms with Crippen molar-refractivity contribution in [2.45, 2.75) is 57.2 Å². The summed E-state index contributed by atoms with van der Waals surface area (Å²) in [5, 5.41) is 3.32. The van der Waals surface area contributed by atoms with Crippen LogP contribution in [0.15, 0.2) is 6.33 Å². The van der Waals surface area contributed by atoms with Gasteiger partial charge in [-0.05, 0) is 12.8 Å². The van der Waals surface area contributed by atoms with Crippen LogP contribution < -0.4 is 5.32 Å². The van der Waals surface area contributed by atoms with Crippen LogP contribution in [0.2, 0.25) is 0 Å². The summed E-state index contributed by atoms with van der Waals surface area (Å²) in [5.41, 5.74) is 2.15. The molecule has 1 fully saturated rings. The molecule has 3 rings (SSSR count). The van der Waals surface area contributed by atoms with Crippen molar-refractivity contribution < 1.29 is 4.79 Å². The van der Waals surface area contributed by atoms with Crippen LogP contribution in [-0.2, 0) is 17.8 Å². The van der Waals surface area contributed by atoms with Gasteiger partial charge in [-0.25, -0.2) is 4.98 Å². The number of rotatable bonds is 2. The van der Waals surface area contributed by atoms with Crippen molar-refractivity contribution in [2.75, 3.05) is 7.05 Å². The zero-order valence-electron chi connectivity index (χ0n) is 11.5. The highest BCUT2D eigenvalue weighted by Gasteiger charge is 2.31. The molecule has 2 N–H and O–H groups in total. The first-order chi connectivity index (χ1) is 9.25. The third-order valence-electron chi connectivity index (χ3n) is 4.50. The SMILES string of the molecule is CN(C(=O)C1Cc2nc[nH]c2CN1)C1CCCCC1. The molecular weight excluding hydrogens is 240 g/mol. The molecule has 1 atom stereocenters. The van der Waals surface area contributed by atoms with Crippen LogP contribution in [0.3, 0.4) is 0 Å². The molecular formula is C14H22N4O. The second-order valence-electron chi connectivity index (χ2n) is 5.71. The number of nitrogens with one attached hydrogen (secondary N) is 2. The summed E-state index contributed by atoms with van der Waals surface area (Å²) in [7, 11) is 1.96. The first kappa shape index (κ1) is 12.7. The number of aromatic nitrogens is 2. The van der Waals surface area contributed by atoms with Gasteiger partial charge in [0.2, 0.25) is 5.91 Å². The third kappa shape index (κ3) is 2.52. The molecule has 0 bridgehead atoms. The topological polar surface area (TPSA) is 61.0 Å². The average Bonchev–Trinajstić information content (AvgIpc) is 2.94. The minimum Gasteiger partial charge on any atom is -0.347 e. The van der Waals surface area contributed by atoms with Crippen LogP contribution in [0.25, 0.3) is 0 Å². The van der Waals surface area contributed by atoms with Crippen LogP contribution in [0.4, 0.5) is 0 Å². The number of nitrogens with zero attached hydrogens (tertiary/aromatic N) is 2. The van der Waals surface area contributed by atoms with Gasteiger partial charge in [0.1, 0.15) is 0 Å². The van der Waals surface area contributed by atoms with Crippen LogP contribution in [0.1, 0.15) is 43.5 Å². The number of likely N-dealkylation sites (N-methyl/N-ethyl adjacent to an activating group) is 1. The highest BCUT2D eigenvalue weighted by Crippen LogP contribution is 2.23. The molecule has 1 aromatic rings. The molecule has 5 nitrogen and oxygen atoms in total. The van der Waals surface area contributed by atoms with Crippen LogP contribution in [-0.4, -0.2) is 39.9 Å². The fourth-order valence-corrected chi connectivity index (χ4v) is 3.24. The van der Waals surface area contributed by atoms with Gasteiger partial charge in [-0.1, -0.05) is 19.3 Å². The summed E-state index contributed by atoms with van der Waals surface area (Å²) < 4.78 is 0. The Bertz CT molecular complexity index is 450. The van der Waals surface area contributed by atoms with E-state index >= 15 is 0 Å². The van der Waals surface area contributed by atoms with E-state index in [1.165, 1.54) is 19.3 Å². The van der Waals surface area contributed by atoms with Crippen LogP contribution in [0, 0.1) is 0 Å². The molecule has 0 radical (unpaired) electrons. The van der Waals surface area contributed by atoms with E-state index in [-0.39, 0.29) is 11.9 Å². The Morgan fingerprint density at radius 2 is 2.16 bits per heavy atom. The molecule has 1 aliphatic carbocycles. The minimum absolute atomic E-state index is 0.109. The molecule has 2 heterocycles. The number of amides is 1. The van der Waals surface area contributed by atoms with Gasteiger partial charge in [-0.2, -0.15) is 0 Å². The molecule has 1 saturated carbocycles. The predicted molar refractivity (Wildman–Crippen MR) is 72.6 cm³/mol. The molecule has 1 unspecified atom stereocenters. The largest absolute Gasteiger partial charge is 0.347 e. The first-order valence-electron chi connectivity index (χ1n) is 7.27. The minimum atomic E-state index is -0.109. The average molecular weight is 262 g/mol. The fraction of sp³-hybridized carbons (Fsp3) is 0.714. The second-order valence-corrected chi connectivity index (χ2v) is 5.71. The Kier molecular flexibility index (Phi) is 3.55. The summed E-state index contributed by atoms with van der Waals surface area (Å²) in [6, 6.07) is 0.325. The Morgan fingerprint density at radius 1 is 1.37 bits per heavy atom. The van der Waals surface area contributed by atoms with E-state index < -0.39 is 0 Å². The lowest BCUT2D eigenvalue weighted by molar-refractivity contribution is -0.135. The summed E-state index contributed by atoms with van der Waals surface area (Å²) >= 11 is 0. The second kappa shape index (κ2) is 5.33. The van der Waals surface area contributed by atoms with Crippen molar-refractivity contribution in [1.82, 2.24) is 20.2 Å². The van der Waals surface area contributed by atoms with Gasteiger partial charge in [0.05, 0.1) is 23.8 Å². The fourth-order valence-electron chi connectivity index (χ4n) is 3.24. The highest BCUT2D eigenvalue weighted by atomic mass is 16.2. The van der Waals surface area contributed by atoms with Crippen LogP contribution in [0.5, 0.6) is 0 Å². The quantitative estimate of drug-likeness (QED) is 0.842. The predicted octanol–water partition coefficient (Wildman–Crippen LogP) is 1.22. The number of carbonyl (C=O) groups is 1. The molecule has 1 amide bonds. The number of aromatic amines is 1. The maximum Gasteiger partial charge on any atom is 0.240 e. The van der Waals surface area contributed by atoms with E-state index in [1.807, 2.05) is 11.9 Å². The van der Waals surface area contributed by atoms with Gasteiger partial charge < -0.3 is 9.88 Å². The summed E-state index contributed by atoms with van der Waals surface area (Å²) in [6.07, 6.45) is 8.55. The van der Waals surface area contributed by atoms with Gasteiger partial charge >= 0.3 is 0 Å². The van der Waals surface area contributed by atoms with E-state index in [2.05, 4.69) is 15.3 Å². The lowest BCUT2D eigenvalue weighted by Gasteiger charge is -2.34. The molecule has 5 heteroatoms. The molecule has 0 aromatic carbocycles. The van der Waals surface area contributed by atoms with Crippen LogP contribution >= 0.6 is 0 Å². The Labute approximate surface area is 113 Å². The van der Waals surface area contributed by atoms with Crippen molar-refractivity contribution in [1.29, 1.82) is 0 Å². The number of H-pyrrole nitrogens is 1. The number of fused-ring (bicyclic) bond motifs is 1. The van der Waals surface area contributed by atoms with Gasteiger partial charge in [0.15, 0.2) is 0 Å². The number of hydrogen-bond acceptors (Lipinski definition) is 3. The van der Waals surface area contributed by atoms with Crippen molar-refractivity contribution in [3.63, 3.8) is 0 Å². The number of imidazole rings is 1. The van der Waals surface area contributed by atoms with E-state index in [1.54, 1.807) is 6.33 Å². The maximum atomic E-state index is 12.6. The zero-order chi connectivity index (χ0) is 13.2. The van der Waals surface area contributed by atoms with E-state index in [0.717, 1.165) is 24.2 Å². The summed E-state index contributed by atoms with van der Waals surface area (Å²) in [4.78, 5) is 21.9. The van der Waals surface area contributed by atoms with E-state index in [9.17, 15) is 4.79 Å². The molecule has 2 aliphatic rings. The number of hydrogen-bond donors (Lipinski definition) is 2. The smallest absolute Gasteiger partial charge is 0.240 e. The van der Waals surface area contributed by atoms with E-state index in [0.29, 0.717) is 19.0 Å². The van der Waals surface area contributed by atoms with Crippen molar-refractivity contribution in [2.24, 2.45) is 0 Å². The van der Waals surface area contributed by atoms with Crippen molar-refractivity contribution in [3.05, 3.63) is 17.7 Å². The highest BCUT2D eigenvalue weighted by molar-refractivity contribution is 5.82. The normalized spacial score (nSPS) is 23.9. The third-order valence-corrected chi connectivity index (χ3v) is 4.50. The van der Waals surface area contributed by atoms with Gasteiger partial charge in [0, 0.05) is 26.1 Å². The zero-order valence-corrected chi connectivity index (χ0v) is 11.5. The number of carbonyl (C=O) groups excluding carboxylic acids is 1. The standard InChI is InChI=1S/C14H22N4O/c1-18(10-5-3-2-4-6-10)14(19)12-7-11-13(8-15-12)17-9-16-11/h9-10,12,15H,2-8H2,1H3,(H,16,17). The molecule has 1 aliphatic heterocycles. The molecule has 19 heavy (non-hydrogen) atoms. The van der Waals surface area contributed by atoms with Crippen molar-refractivity contribution in [3.8, 4) is 0 Å². The summed E-state index contributed by atoms with van der Waals surface area (Å²) in [5.74, 6) is 0.223.